The van der Waals surface area contributed by atoms with Crippen molar-refractivity contribution in [1.29, 1.82) is 0 Å². The SMILES string of the molecule is CCOC(=O)c1c2c(nn1CCCNC(=O)Cc1cccs1)-c1ccncc1CC2. The number of rotatable bonds is 8. The predicted molar refractivity (Wildman–Crippen MR) is 114 cm³/mol. The Morgan fingerprint density at radius 1 is 1.30 bits per heavy atom. The average molecular weight is 425 g/mol. The lowest BCUT2D eigenvalue weighted by atomic mass is 9.90. The number of esters is 1. The van der Waals surface area contributed by atoms with Crippen LogP contribution in [-0.2, 0) is 35.3 Å². The van der Waals surface area contributed by atoms with Crippen molar-refractivity contribution in [2.24, 2.45) is 0 Å². The summed E-state index contributed by atoms with van der Waals surface area (Å²) < 4.78 is 7.04. The summed E-state index contributed by atoms with van der Waals surface area (Å²) in [4.78, 5) is 30.0. The van der Waals surface area contributed by atoms with Gasteiger partial charge < -0.3 is 10.1 Å². The molecule has 3 aromatic heterocycles. The van der Waals surface area contributed by atoms with E-state index in [1.165, 1.54) is 0 Å². The molecule has 1 amide bonds. The van der Waals surface area contributed by atoms with Crippen LogP contribution >= 0.6 is 11.3 Å². The van der Waals surface area contributed by atoms with Crippen LogP contribution in [0.25, 0.3) is 11.3 Å². The number of amides is 1. The van der Waals surface area contributed by atoms with E-state index in [1.807, 2.05) is 29.8 Å². The van der Waals surface area contributed by atoms with Gasteiger partial charge in [0.05, 0.1) is 18.7 Å². The maximum absolute atomic E-state index is 12.7. The minimum atomic E-state index is -0.342. The van der Waals surface area contributed by atoms with Crippen LogP contribution in [0.1, 0.15) is 39.8 Å². The lowest BCUT2D eigenvalue weighted by Crippen LogP contribution is -2.27. The Labute approximate surface area is 179 Å². The first-order chi connectivity index (χ1) is 14.7. The van der Waals surface area contributed by atoms with Crippen LogP contribution in [0.3, 0.4) is 0 Å². The van der Waals surface area contributed by atoms with Crippen molar-refractivity contribution in [2.75, 3.05) is 13.2 Å². The number of ether oxygens (including phenoxy) is 1. The number of aryl methyl sites for hydroxylation is 2. The molecule has 156 valence electrons. The summed E-state index contributed by atoms with van der Waals surface area (Å²) in [5, 5.41) is 9.66. The zero-order valence-corrected chi connectivity index (χ0v) is 17.7. The van der Waals surface area contributed by atoms with E-state index in [4.69, 9.17) is 9.84 Å². The van der Waals surface area contributed by atoms with Crippen molar-refractivity contribution in [3.8, 4) is 11.3 Å². The quantitative estimate of drug-likeness (QED) is 0.444. The second kappa shape index (κ2) is 9.21. The molecule has 4 rings (SSSR count). The molecule has 0 radical (unpaired) electrons. The number of nitrogens with zero attached hydrogens (tertiary/aromatic N) is 3. The molecule has 3 aromatic rings. The Hall–Kier alpha value is -3.00. The van der Waals surface area contributed by atoms with Gasteiger partial charge in [0.2, 0.25) is 5.91 Å². The van der Waals surface area contributed by atoms with Crippen LogP contribution in [0.15, 0.2) is 36.0 Å². The van der Waals surface area contributed by atoms with Crippen LogP contribution in [0.5, 0.6) is 0 Å². The van der Waals surface area contributed by atoms with Crippen molar-refractivity contribution in [1.82, 2.24) is 20.1 Å². The summed E-state index contributed by atoms with van der Waals surface area (Å²) in [6.07, 6.45) is 6.25. The molecular formula is C22H24N4O3S. The van der Waals surface area contributed by atoms with Gasteiger partial charge in [-0.25, -0.2) is 4.79 Å². The molecule has 0 spiro atoms. The fourth-order valence-corrected chi connectivity index (χ4v) is 4.45. The first-order valence-electron chi connectivity index (χ1n) is 10.2. The Kier molecular flexibility index (Phi) is 6.23. The second-order valence-electron chi connectivity index (χ2n) is 7.11. The highest BCUT2D eigenvalue weighted by molar-refractivity contribution is 7.10. The third-order valence-corrected chi connectivity index (χ3v) is 5.98. The topological polar surface area (TPSA) is 86.1 Å². The highest BCUT2D eigenvalue weighted by Gasteiger charge is 2.28. The van der Waals surface area contributed by atoms with Crippen LogP contribution in [0, 0.1) is 0 Å². The maximum Gasteiger partial charge on any atom is 0.356 e. The Morgan fingerprint density at radius 2 is 2.20 bits per heavy atom. The molecule has 1 aliphatic carbocycles. The van der Waals surface area contributed by atoms with Gasteiger partial charge >= 0.3 is 5.97 Å². The van der Waals surface area contributed by atoms with Gasteiger partial charge in [-0.15, -0.1) is 11.3 Å². The first kappa shape index (κ1) is 20.3. The molecule has 0 saturated heterocycles. The van der Waals surface area contributed by atoms with E-state index in [0.717, 1.165) is 40.1 Å². The molecule has 0 aliphatic heterocycles. The summed E-state index contributed by atoms with van der Waals surface area (Å²) in [7, 11) is 0. The Bertz CT molecular complexity index is 1040. The second-order valence-corrected chi connectivity index (χ2v) is 8.14. The molecule has 0 saturated carbocycles. The molecule has 0 aromatic carbocycles. The molecule has 30 heavy (non-hydrogen) atoms. The lowest BCUT2D eigenvalue weighted by molar-refractivity contribution is -0.120. The van der Waals surface area contributed by atoms with Gasteiger partial charge in [-0.3, -0.25) is 14.5 Å². The predicted octanol–water partition coefficient (Wildman–Crippen LogP) is 3.03. The lowest BCUT2D eigenvalue weighted by Gasteiger charge is -2.14. The summed E-state index contributed by atoms with van der Waals surface area (Å²) in [5.74, 6) is -0.338. The number of thiophene rings is 1. The number of hydrogen-bond donors (Lipinski definition) is 1. The van der Waals surface area contributed by atoms with E-state index in [-0.39, 0.29) is 11.9 Å². The van der Waals surface area contributed by atoms with Gasteiger partial charge in [-0.2, -0.15) is 5.10 Å². The molecule has 1 aliphatic rings. The van der Waals surface area contributed by atoms with Crippen LogP contribution in [-0.4, -0.2) is 39.8 Å². The molecule has 3 heterocycles. The summed E-state index contributed by atoms with van der Waals surface area (Å²) in [6, 6.07) is 5.85. The highest BCUT2D eigenvalue weighted by atomic mass is 32.1. The number of pyridine rings is 1. The van der Waals surface area contributed by atoms with E-state index in [2.05, 4.69) is 10.3 Å². The molecular weight excluding hydrogens is 400 g/mol. The molecule has 7 nitrogen and oxygen atoms in total. The van der Waals surface area contributed by atoms with Gasteiger partial charge in [-0.05, 0) is 49.3 Å². The number of carbonyl (C=O) groups excluding carboxylic acids is 2. The van der Waals surface area contributed by atoms with Crippen molar-refractivity contribution >= 4 is 23.2 Å². The minimum Gasteiger partial charge on any atom is -0.461 e. The minimum absolute atomic E-state index is 0.00394. The maximum atomic E-state index is 12.7. The number of carbonyl (C=O) groups is 2. The summed E-state index contributed by atoms with van der Waals surface area (Å²) in [5.41, 5.74) is 4.47. The highest BCUT2D eigenvalue weighted by Crippen LogP contribution is 2.34. The van der Waals surface area contributed by atoms with Crippen LogP contribution in [0.4, 0.5) is 0 Å². The van der Waals surface area contributed by atoms with E-state index in [1.54, 1.807) is 29.1 Å². The third kappa shape index (κ3) is 4.28. The van der Waals surface area contributed by atoms with Gasteiger partial charge in [0.25, 0.3) is 0 Å². The smallest absolute Gasteiger partial charge is 0.356 e. The number of hydrogen-bond acceptors (Lipinski definition) is 6. The average Bonchev–Trinajstić information content (AvgIpc) is 3.38. The standard InChI is InChI=1S/C22H24N4O3S/c1-2-29-22(28)21-18-7-6-15-14-23-10-8-17(15)20(18)25-26(21)11-4-9-24-19(27)13-16-5-3-12-30-16/h3,5,8,10,12,14H,2,4,6-7,9,11,13H2,1H3,(H,24,27). The number of nitrogens with one attached hydrogen (secondary N) is 1. The molecule has 1 N–H and O–H groups in total. The van der Waals surface area contributed by atoms with Gasteiger partial charge in [-0.1, -0.05) is 6.07 Å². The van der Waals surface area contributed by atoms with Gasteiger partial charge in [0.15, 0.2) is 0 Å². The van der Waals surface area contributed by atoms with E-state index < -0.39 is 0 Å². The molecule has 8 heteroatoms. The largest absolute Gasteiger partial charge is 0.461 e. The normalized spacial score (nSPS) is 12.2. The van der Waals surface area contributed by atoms with Crippen molar-refractivity contribution in [3.63, 3.8) is 0 Å². The van der Waals surface area contributed by atoms with E-state index >= 15 is 0 Å². The van der Waals surface area contributed by atoms with Gasteiger partial charge in [0, 0.05) is 41.5 Å². The Morgan fingerprint density at radius 3 is 3.00 bits per heavy atom. The zero-order chi connectivity index (χ0) is 20.9. The van der Waals surface area contributed by atoms with Crippen LogP contribution in [0.2, 0.25) is 0 Å². The van der Waals surface area contributed by atoms with E-state index in [0.29, 0.717) is 38.2 Å². The Balaban J connectivity index is 1.47. The molecule has 0 atom stereocenters. The van der Waals surface area contributed by atoms with Gasteiger partial charge in [0.1, 0.15) is 5.69 Å². The van der Waals surface area contributed by atoms with Crippen molar-refractivity contribution < 1.29 is 14.3 Å². The summed E-state index contributed by atoms with van der Waals surface area (Å²) >= 11 is 1.58. The molecule has 0 fully saturated rings. The summed E-state index contributed by atoms with van der Waals surface area (Å²) in [6.45, 7) is 3.17. The fourth-order valence-electron chi connectivity index (χ4n) is 3.75. The van der Waals surface area contributed by atoms with Crippen molar-refractivity contribution in [3.05, 3.63) is 57.7 Å². The number of fused-ring (bicyclic) bond motifs is 3. The fraction of sp³-hybridized carbons (Fsp3) is 0.364. The zero-order valence-electron chi connectivity index (χ0n) is 16.9. The molecule has 0 bridgehead atoms. The third-order valence-electron chi connectivity index (χ3n) is 5.11. The van der Waals surface area contributed by atoms with Crippen molar-refractivity contribution in [2.45, 2.75) is 39.2 Å². The number of aromatic nitrogens is 3. The van der Waals surface area contributed by atoms with E-state index in [9.17, 15) is 9.59 Å². The molecule has 0 unspecified atom stereocenters. The monoisotopic (exact) mass is 424 g/mol. The first-order valence-corrected chi connectivity index (χ1v) is 11.0. The van der Waals surface area contributed by atoms with Crippen LogP contribution < -0.4 is 5.32 Å².